The number of carbonyl (C=O) groups excluding carboxylic acids is 1. The molecule has 0 N–H and O–H groups in total. The Hall–Kier alpha value is -1.93. The minimum Gasteiger partial charge on any atom is -0.447 e. The Balaban J connectivity index is 2.40. The van der Waals surface area contributed by atoms with E-state index in [9.17, 15) is 31.1 Å². The van der Waals surface area contributed by atoms with Crippen LogP contribution in [0.15, 0.2) is 18.2 Å². The Labute approximate surface area is 121 Å². The molecule has 1 aromatic carbocycles. The fourth-order valence-electron chi connectivity index (χ4n) is 2.07. The van der Waals surface area contributed by atoms with E-state index in [1.165, 1.54) is 0 Å². The minimum atomic E-state index is -4.91. The van der Waals surface area contributed by atoms with Crippen molar-refractivity contribution in [3.63, 3.8) is 0 Å². The molecule has 0 aliphatic carbocycles. The molecule has 1 aliphatic rings. The standard InChI is InChI=1S/C13H11F6NO2/c1-7-6-22-11(21)20(7)5-8-2-9(12(14,15)16)4-10(3-8)13(17,18)19/h2-4,7H,5-6H2,1H3. The van der Waals surface area contributed by atoms with Crippen LogP contribution in [0.5, 0.6) is 0 Å². The van der Waals surface area contributed by atoms with E-state index in [1.807, 2.05) is 0 Å². The van der Waals surface area contributed by atoms with Gasteiger partial charge in [0.2, 0.25) is 0 Å². The lowest BCUT2D eigenvalue weighted by Crippen LogP contribution is -2.30. The van der Waals surface area contributed by atoms with Crippen LogP contribution in [0.1, 0.15) is 23.6 Å². The van der Waals surface area contributed by atoms with E-state index in [1.54, 1.807) is 6.92 Å². The molecule has 2 rings (SSSR count). The molecule has 0 saturated carbocycles. The summed E-state index contributed by atoms with van der Waals surface area (Å²) in [7, 11) is 0. The summed E-state index contributed by atoms with van der Waals surface area (Å²) >= 11 is 0. The van der Waals surface area contributed by atoms with Gasteiger partial charge >= 0.3 is 18.4 Å². The number of rotatable bonds is 2. The van der Waals surface area contributed by atoms with Gasteiger partial charge in [0.1, 0.15) is 6.61 Å². The number of hydrogen-bond acceptors (Lipinski definition) is 2. The third-order valence-electron chi connectivity index (χ3n) is 3.21. The highest BCUT2D eigenvalue weighted by atomic mass is 19.4. The van der Waals surface area contributed by atoms with Crippen LogP contribution < -0.4 is 0 Å². The van der Waals surface area contributed by atoms with Crippen molar-refractivity contribution < 1.29 is 35.9 Å². The number of nitrogens with zero attached hydrogens (tertiary/aromatic N) is 1. The maximum absolute atomic E-state index is 12.7. The largest absolute Gasteiger partial charge is 0.447 e. The van der Waals surface area contributed by atoms with Gasteiger partial charge in [-0.15, -0.1) is 0 Å². The first-order chi connectivity index (χ1) is 9.98. The summed E-state index contributed by atoms with van der Waals surface area (Å²) in [5.41, 5.74) is -3.07. The third-order valence-corrected chi connectivity index (χ3v) is 3.21. The van der Waals surface area contributed by atoms with Crippen molar-refractivity contribution in [3.8, 4) is 0 Å². The summed E-state index contributed by atoms with van der Waals surface area (Å²) in [6.07, 6.45) is -10.6. The molecule has 1 atom stereocenters. The molecule has 1 amide bonds. The second-order valence-corrected chi connectivity index (χ2v) is 4.97. The monoisotopic (exact) mass is 327 g/mol. The van der Waals surface area contributed by atoms with E-state index < -0.39 is 35.6 Å². The van der Waals surface area contributed by atoms with Gasteiger partial charge in [-0.05, 0) is 30.7 Å². The number of carbonyl (C=O) groups is 1. The lowest BCUT2D eigenvalue weighted by atomic mass is 10.0. The normalized spacial score (nSPS) is 19.5. The van der Waals surface area contributed by atoms with E-state index in [0.29, 0.717) is 12.1 Å². The Bertz CT molecular complexity index is 549. The average molecular weight is 327 g/mol. The number of benzene rings is 1. The SMILES string of the molecule is CC1COC(=O)N1Cc1cc(C(F)(F)F)cc(C(F)(F)F)c1. The van der Waals surface area contributed by atoms with Gasteiger partial charge in [0.25, 0.3) is 0 Å². The predicted octanol–water partition coefficient (Wildman–Crippen LogP) is 4.06. The van der Waals surface area contributed by atoms with Crippen LogP contribution in [-0.4, -0.2) is 23.6 Å². The highest BCUT2D eigenvalue weighted by molar-refractivity contribution is 5.70. The van der Waals surface area contributed by atoms with Crippen LogP contribution in [0.3, 0.4) is 0 Å². The summed E-state index contributed by atoms with van der Waals surface area (Å²) in [5.74, 6) is 0. The Kier molecular flexibility index (Phi) is 4.01. The number of halogens is 6. The number of alkyl halides is 6. The first-order valence-electron chi connectivity index (χ1n) is 6.20. The molecule has 9 heteroatoms. The zero-order valence-electron chi connectivity index (χ0n) is 11.3. The van der Waals surface area contributed by atoms with Gasteiger partial charge in [-0.2, -0.15) is 26.3 Å². The van der Waals surface area contributed by atoms with Crippen molar-refractivity contribution in [1.82, 2.24) is 4.90 Å². The molecule has 1 aromatic rings. The highest BCUT2D eigenvalue weighted by Gasteiger charge is 2.37. The molecule has 0 bridgehead atoms. The third kappa shape index (κ3) is 3.45. The van der Waals surface area contributed by atoms with Gasteiger partial charge in [-0.25, -0.2) is 4.79 Å². The maximum atomic E-state index is 12.7. The van der Waals surface area contributed by atoms with Gasteiger partial charge < -0.3 is 4.74 Å². The number of hydrogen-bond donors (Lipinski definition) is 0. The number of amides is 1. The second kappa shape index (κ2) is 5.36. The molecule has 1 aliphatic heterocycles. The zero-order chi connectivity index (χ0) is 16.7. The van der Waals surface area contributed by atoms with Crippen LogP contribution in [0.2, 0.25) is 0 Å². The lowest BCUT2D eigenvalue weighted by molar-refractivity contribution is -0.143. The molecule has 1 saturated heterocycles. The summed E-state index contributed by atoms with van der Waals surface area (Å²) in [5, 5.41) is 0. The van der Waals surface area contributed by atoms with Crippen molar-refractivity contribution in [3.05, 3.63) is 34.9 Å². The van der Waals surface area contributed by atoms with Gasteiger partial charge in [0.15, 0.2) is 0 Å². The van der Waals surface area contributed by atoms with Gasteiger partial charge in [-0.3, -0.25) is 4.90 Å². The van der Waals surface area contributed by atoms with Crippen LogP contribution in [0, 0.1) is 0 Å². The Morgan fingerprint density at radius 2 is 1.59 bits per heavy atom. The van der Waals surface area contributed by atoms with Crippen molar-refractivity contribution in [2.24, 2.45) is 0 Å². The van der Waals surface area contributed by atoms with Gasteiger partial charge in [0, 0.05) is 6.54 Å². The first-order valence-corrected chi connectivity index (χ1v) is 6.20. The Morgan fingerprint density at radius 3 is 1.95 bits per heavy atom. The molecule has 0 radical (unpaired) electrons. The summed E-state index contributed by atoms with van der Waals surface area (Å²) in [4.78, 5) is 12.5. The fourth-order valence-corrected chi connectivity index (χ4v) is 2.07. The van der Waals surface area contributed by atoms with Gasteiger partial charge in [0.05, 0.1) is 17.2 Å². The summed E-state index contributed by atoms with van der Waals surface area (Å²) < 4.78 is 81.1. The molecule has 0 aromatic heterocycles. The molecular weight excluding hydrogens is 316 g/mol. The number of ether oxygens (including phenoxy) is 1. The van der Waals surface area contributed by atoms with Gasteiger partial charge in [-0.1, -0.05) is 0 Å². The van der Waals surface area contributed by atoms with Crippen molar-refractivity contribution in [1.29, 1.82) is 0 Å². The maximum Gasteiger partial charge on any atom is 0.416 e. The average Bonchev–Trinajstić information content (AvgIpc) is 2.68. The number of cyclic esters (lactones) is 1. The smallest absolute Gasteiger partial charge is 0.416 e. The fraction of sp³-hybridized carbons (Fsp3) is 0.462. The van der Waals surface area contributed by atoms with E-state index in [0.717, 1.165) is 4.90 Å². The Morgan fingerprint density at radius 1 is 1.09 bits per heavy atom. The van der Waals surface area contributed by atoms with E-state index in [-0.39, 0.29) is 24.8 Å². The molecule has 122 valence electrons. The second-order valence-electron chi connectivity index (χ2n) is 4.97. The van der Waals surface area contributed by atoms with Crippen molar-refractivity contribution in [2.45, 2.75) is 31.9 Å². The van der Waals surface area contributed by atoms with Crippen molar-refractivity contribution in [2.75, 3.05) is 6.61 Å². The molecule has 1 fully saturated rings. The van der Waals surface area contributed by atoms with E-state index in [2.05, 4.69) is 4.74 Å². The summed E-state index contributed by atoms with van der Waals surface area (Å²) in [6.45, 7) is 1.25. The van der Waals surface area contributed by atoms with Crippen molar-refractivity contribution >= 4 is 6.09 Å². The van der Waals surface area contributed by atoms with E-state index in [4.69, 9.17) is 0 Å². The van der Waals surface area contributed by atoms with E-state index >= 15 is 0 Å². The molecule has 1 unspecified atom stereocenters. The quantitative estimate of drug-likeness (QED) is 0.767. The molecule has 1 heterocycles. The molecule has 22 heavy (non-hydrogen) atoms. The summed E-state index contributed by atoms with van der Waals surface area (Å²) in [6, 6.07) is 0.840. The predicted molar refractivity (Wildman–Crippen MR) is 62.8 cm³/mol. The highest BCUT2D eigenvalue weighted by Crippen LogP contribution is 2.36. The van der Waals surface area contributed by atoms with Crippen LogP contribution in [0.25, 0.3) is 0 Å². The minimum absolute atomic E-state index is 0.0456. The van der Waals surface area contributed by atoms with Crippen LogP contribution in [-0.2, 0) is 23.6 Å². The molecular formula is C13H11F6NO2. The zero-order valence-corrected chi connectivity index (χ0v) is 11.3. The molecule has 3 nitrogen and oxygen atoms in total. The molecule has 0 spiro atoms. The topological polar surface area (TPSA) is 29.5 Å². The van der Waals surface area contributed by atoms with Crippen LogP contribution >= 0.6 is 0 Å². The lowest BCUT2D eigenvalue weighted by Gasteiger charge is -2.20. The van der Waals surface area contributed by atoms with Crippen LogP contribution in [0.4, 0.5) is 31.1 Å². The first kappa shape index (κ1) is 16.4.